The van der Waals surface area contributed by atoms with E-state index in [1.807, 2.05) is 0 Å². The molecule has 1 aliphatic carbocycles. The SMILES string of the molecule is CCCCc1ccc(-c2ccc(C3CCC(CBr)CC3)cc2)cc1. The molecule has 0 aromatic heterocycles. The zero-order valence-corrected chi connectivity index (χ0v) is 16.4. The zero-order valence-electron chi connectivity index (χ0n) is 14.8. The van der Waals surface area contributed by atoms with E-state index in [-0.39, 0.29) is 0 Å². The highest BCUT2D eigenvalue weighted by Gasteiger charge is 2.21. The summed E-state index contributed by atoms with van der Waals surface area (Å²) in [6, 6.07) is 18.5. The summed E-state index contributed by atoms with van der Waals surface area (Å²) in [7, 11) is 0. The van der Waals surface area contributed by atoms with Gasteiger partial charge in [0.25, 0.3) is 0 Å². The fourth-order valence-corrected chi connectivity index (χ4v) is 4.49. The molecule has 1 heteroatoms. The highest BCUT2D eigenvalue weighted by molar-refractivity contribution is 9.09. The summed E-state index contributed by atoms with van der Waals surface area (Å²) in [6.07, 6.45) is 9.19. The minimum atomic E-state index is 0.769. The molecular formula is C23H29Br. The van der Waals surface area contributed by atoms with E-state index in [9.17, 15) is 0 Å². The molecule has 1 aliphatic rings. The molecule has 0 saturated heterocycles. The van der Waals surface area contributed by atoms with Crippen LogP contribution in [0.1, 0.15) is 62.5 Å². The summed E-state index contributed by atoms with van der Waals surface area (Å²) in [4.78, 5) is 0. The van der Waals surface area contributed by atoms with Gasteiger partial charge in [-0.05, 0) is 72.6 Å². The Morgan fingerprint density at radius 1 is 0.833 bits per heavy atom. The predicted octanol–water partition coefficient (Wildman–Crippen LogP) is 7.36. The van der Waals surface area contributed by atoms with Gasteiger partial charge in [0.2, 0.25) is 0 Å². The van der Waals surface area contributed by atoms with Crippen LogP contribution >= 0.6 is 15.9 Å². The van der Waals surface area contributed by atoms with Crippen LogP contribution in [0.25, 0.3) is 11.1 Å². The zero-order chi connectivity index (χ0) is 16.8. The number of benzene rings is 2. The Balaban J connectivity index is 1.64. The fraction of sp³-hybridized carbons (Fsp3) is 0.478. The van der Waals surface area contributed by atoms with Crippen molar-refractivity contribution in [3.8, 4) is 11.1 Å². The van der Waals surface area contributed by atoms with Gasteiger partial charge in [0.15, 0.2) is 0 Å². The van der Waals surface area contributed by atoms with Crippen LogP contribution in [0.4, 0.5) is 0 Å². The number of alkyl halides is 1. The molecule has 2 aromatic carbocycles. The number of hydrogen-bond donors (Lipinski definition) is 0. The van der Waals surface area contributed by atoms with Crippen molar-refractivity contribution in [2.45, 2.75) is 57.8 Å². The minimum Gasteiger partial charge on any atom is -0.0925 e. The van der Waals surface area contributed by atoms with E-state index < -0.39 is 0 Å². The van der Waals surface area contributed by atoms with Gasteiger partial charge in [-0.25, -0.2) is 0 Å². The molecule has 0 aliphatic heterocycles. The molecule has 0 nitrogen and oxygen atoms in total. The molecule has 3 rings (SSSR count). The van der Waals surface area contributed by atoms with Gasteiger partial charge in [-0.3, -0.25) is 0 Å². The average Bonchev–Trinajstić information content (AvgIpc) is 2.67. The van der Waals surface area contributed by atoms with Gasteiger partial charge < -0.3 is 0 Å². The Bertz CT molecular complexity index is 603. The summed E-state index contributed by atoms with van der Waals surface area (Å²) < 4.78 is 0. The van der Waals surface area contributed by atoms with Crippen molar-refractivity contribution >= 4 is 15.9 Å². The van der Waals surface area contributed by atoms with E-state index in [0.29, 0.717) is 0 Å². The van der Waals surface area contributed by atoms with Gasteiger partial charge in [-0.2, -0.15) is 0 Å². The summed E-state index contributed by atoms with van der Waals surface area (Å²) in [5, 5.41) is 1.17. The van der Waals surface area contributed by atoms with Crippen LogP contribution in [0, 0.1) is 5.92 Å². The topological polar surface area (TPSA) is 0 Å². The second kappa shape index (κ2) is 8.85. The van der Waals surface area contributed by atoms with Crippen molar-refractivity contribution in [2.24, 2.45) is 5.92 Å². The van der Waals surface area contributed by atoms with Gasteiger partial charge >= 0.3 is 0 Å². The predicted molar refractivity (Wildman–Crippen MR) is 109 cm³/mol. The van der Waals surface area contributed by atoms with Crippen molar-refractivity contribution in [3.63, 3.8) is 0 Å². The third-order valence-electron chi connectivity index (χ3n) is 5.55. The molecule has 24 heavy (non-hydrogen) atoms. The van der Waals surface area contributed by atoms with Crippen molar-refractivity contribution < 1.29 is 0 Å². The lowest BCUT2D eigenvalue weighted by atomic mass is 9.79. The normalized spacial score (nSPS) is 20.9. The lowest BCUT2D eigenvalue weighted by Gasteiger charge is -2.27. The van der Waals surface area contributed by atoms with E-state index in [2.05, 4.69) is 71.4 Å². The lowest BCUT2D eigenvalue weighted by molar-refractivity contribution is 0.354. The van der Waals surface area contributed by atoms with E-state index in [1.54, 1.807) is 0 Å². The number of aryl methyl sites for hydroxylation is 1. The highest BCUT2D eigenvalue weighted by Crippen LogP contribution is 2.37. The summed E-state index contributed by atoms with van der Waals surface area (Å²) >= 11 is 3.64. The quantitative estimate of drug-likeness (QED) is 0.456. The maximum atomic E-state index is 3.64. The Labute approximate surface area is 155 Å². The third-order valence-corrected chi connectivity index (χ3v) is 6.47. The third kappa shape index (κ3) is 4.51. The molecule has 0 heterocycles. The maximum Gasteiger partial charge on any atom is 0.00596 e. The largest absolute Gasteiger partial charge is 0.0925 e. The van der Waals surface area contributed by atoms with Gasteiger partial charge in [0.05, 0.1) is 0 Å². The Hall–Kier alpha value is -1.08. The molecule has 1 fully saturated rings. The number of hydrogen-bond acceptors (Lipinski definition) is 0. The first-order valence-corrected chi connectivity index (χ1v) is 10.7. The van der Waals surface area contributed by atoms with E-state index in [4.69, 9.17) is 0 Å². The highest BCUT2D eigenvalue weighted by atomic mass is 79.9. The molecule has 0 bridgehead atoms. The minimum absolute atomic E-state index is 0.769. The standard InChI is InChI=1S/C23H29Br/c1-2-3-4-18-5-9-20(10-6-18)22-13-15-23(16-14-22)21-11-7-19(17-24)8-12-21/h5-6,9-10,13-16,19,21H,2-4,7-8,11-12,17H2,1H3. The molecule has 0 amide bonds. The summed E-state index contributed by atoms with van der Waals surface area (Å²) in [5.74, 6) is 1.66. The van der Waals surface area contributed by atoms with Gasteiger partial charge in [-0.1, -0.05) is 77.8 Å². The summed E-state index contributed by atoms with van der Waals surface area (Å²) in [5.41, 5.74) is 5.67. The second-order valence-corrected chi connectivity index (χ2v) is 7.94. The van der Waals surface area contributed by atoms with E-state index in [0.717, 1.165) is 11.8 Å². The lowest BCUT2D eigenvalue weighted by Crippen LogP contribution is -2.14. The van der Waals surface area contributed by atoms with Crippen LogP contribution in [-0.2, 0) is 6.42 Å². The molecule has 128 valence electrons. The molecule has 0 radical (unpaired) electrons. The summed E-state index contributed by atoms with van der Waals surface area (Å²) in [6.45, 7) is 2.25. The van der Waals surface area contributed by atoms with E-state index >= 15 is 0 Å². The van der Waals surface area contributed by atoms with Crippen molar-refractivity contribution in [1.82, 2.24) is 0 Å². The molecule has 2 aromatic rings. The van der Waals surface area contributed by atoms with Gasteiger partial charge in [-0.15, -0.1) is 0 Å². The Kier molecular flexibility index (Phi) is 6.54. The van der Waals surface area contributed by atoms with Crippen molar-refractivity contribution in [2.75, 3.05) is 5.33 Å². The number of unbranched alkanes of at least 4 members (excludes halogenated alkanes) is 1. The fourth-order valence-electron chi connectivity index (χ4n) is 3.84. The van der Waals surface area contributed by atoms with E-state index in [1.165, 1.54) is 72.5 Å². The van der Waals surface area contributed by atoms with Crippen LogP contribution in [0.2, 0.25) is 0 Å². The second-order valence-electron chi connectivity index (χ2n) is 7.29. The van der Waals surface area contributed by atoms with Crippen LogP contribution in [0.15, 0.2) is 48.5 Å². The van der Waals surface area contributed by atoms with Crippen molar-refractivity contribution in [1.29, 1.82) is 0 Å². The molecule has 0 N–H and O–H groups in total. The first-order valence-electron chi connectivity index (χ1n) is 9.55. The van der Waals surface area contributed by atoms with Crippen molar-refractivity contribution in [3.05, 3.63) is 59.7 Å². The molecule has 0 unspecified atom stereocenters. The molecular weight excluding hydrogens is 356 g/mol. The first kappa shape index (κ1) is 17.7. The van der Waals surface area contributed by atoms with Gasteiger partial charge in [0.1, 0.15) is 0 Å². The van der Waals surface area contributed by atoms with Gasteiger partial charge in [0, 0.05) is 5.33 Å². The molecule has 0 spiro atoms. The van der Waals surface area contributed by atoms with Crippen LogP contribution in [0.3, 0.4) is 0 Å². The molecule has 1 saturated carbocycles. The van der Waals surface area contributed by atoms with Crippen LogP contribution < -0.4 is 0 Å². The van der Waals surface area contributed by atoms with Crippen LogP contribution in [0.5, 0.6) is 0 Å². The number of rotatable bonds is 6. The Morgan fingerprint density at radius 2 is 1.42 bits per heavy atom. The monoisotopic (exact) mass is 384 g/mol. The van der Waals surface area contributed by atoms with Crippen LogP contribution in [-0.4, -0.2) is 5.33 Å². The Morgan fingerprint density at radius 3 is 1.96 bits per heavy atom. The average molecular weight is 385 g/mol. The smallest absolute Gasteiger partial charge is 0.00596 e. The number of halogens is 1. The maximum absolute atomic E-state index is 3.64. The molecule has 0 atom stereocenters. The first-order chi connectivity index (χ1) is 11.8.